The first-order valence-electron chi connectivity index (χ1n) is 9.79. The Hall–Kier alpha value is -2.77. The molecule has 0 unspecified atom stereocenters. The third kappa shape index (κ3) is 4.78. The predicted octanol–water partition coefficient (Wildman–Crippen LogP) is 6.00. The molecule has 0 aliphatic rings. The minimum absolute atomic E-state index is 0.0878. The Balaban J connectivity index is 1.76. The summed E-state index contributed by atoms with van der Waals surface area (Å²) >= 11 is 4.99. The average Bonchev–Trinajstić information content (AvgIpc) is 3.30. The summed E-state index contributed by atoms with van der Waals surface area (Å²) in [5.41, 5.74) is 1.73. The van der Waals surface area contributed by atoms with E-state index in [0.29, 0.717) is 34.5 Å². The Morgan fingerprint density at radius 1 is 1.10 bits per heavy atom. The van der Waals surface area contributed by atoms with E-state index in [0.717, 1.165) is 10.4 Å². The van der Waals surface area contributed by atoms with Gasteiger partial charge in [0.2, 0.25) is 0 Å². The molecular formula is C24H20BrFN2O2S. The third-order valence-electron chi connectivity index (χ3n) is 4.88. The SMILES string of the molecule is Cc1nc(-c2cccc(F)c2OCc2ccccc2)n(CCc2cccs2)c(=O)c1Br. The second-order valence-corrected chi connectivity index (χ2v) is 8.84. The molecule has 0 amide bonds. The topological polar surface area (TPSA) is 44.1 Å². The lowest BCUT2D eigenvalue weighted by Gasteiger charge is -2.17. The summed E-state index contributed by atoms with van der Waals surface area (Å²) in [7, 11) is 0. The molecule has 2 heterocycles. The van der Waals surface area contributed by atoms with Crippen LogP contribution in [0.1, 0.15) is 16.1 Å². The van der Waals surface area contributed by atoms with Crippen LogP contribution in [0.4, 0.5) is 4.39 Å². The quantitative estimate of drug-likeness (QED) is 0.313. The van der Waals surface area contributed by atoms with Gasteiger partial charge in [0.15, 0.2) is 11.6 Å². The Morgan fingerprint density at radius 3 is 2.65 bits per heavy atom. The number of benzene rings is 2. The van der Waals surface area contributed by atoms with Gasteiger partial charge in [0.25, 0.3) is 5.56 Å². The first kappa shape index (κ1) is 21.5. The van der Waals surface area contributed by atoms with Gasteiger partial charge in [-0.3, -0.25) is 9.36 Å². The number of aromatic nitrogens is 2. The summed E-state index contributed by atoms with van der Waals surface area (Å²) in [5, 5.41) is 2.00. The van der Waals surface area contributed by atoms with Crippen molar-refractivity contribution in [2.24, 2.45) is 0 Å². The molecule has 7 heteroatoms. The van der Waals surface area contributed by atoms with Crippen LogP contribution >= 0.6 is 27.3 Å². The molecule has 2 aromatic heterocycles. The first-order chi connectivity index (χ1) is 15.0. The summed E-state index contributed by atoms with van der Waals surface area (Å²) in [6.07, 6.45) is 0.678. The highest BCUT2D eigenvalue weighted by atomic mass is 79.9. The standard InChI is InChI=1S/C24H20BrFN2O2S/c1-16-21(25)24(29)28(13-12-18-9-6-14-31-18)23(27-16)19-10-5-11-20(26)22(19)30-15-17-7-3-2-4-8-17/h2-11,14H,12-13,15H2,1H3. The molecular weight excluding hydrogens is 479 g/mol. The number of thiophene rings is 1. The number of ether oxygens (including phenoxy) is 1. The number of rotatable bonds is 7. The smallest absolute Gasteiger partial charge is 0.268 e. The average molecular weight is 499 g/mol. The van der Waals surface area contributed by atoms with E-state index in [1.54, 1.807) is 35.0 Å². The number of hydrogen-bond donors (Lipinski definition) is 0. The van der Waals surface area contributed by atoms with Crippen molar-refractivity contribution >= 4 is 27.3 Å². The fourth-order valence-corrected chi connectivity index (χ4v) is 4.29. The minimum Gasteiger partial charge on any atom is -0.485 e. The van der Waals surface area contributed by atoms with Gasteiger partial charge in [-0.1, -0.05) is 42.5 Å². The molecule has 0 radical (unpaired) electrons. The van der Waals surface area contributed by atoms with Gasteiger partial charge in [-0.05, 0) is 58.4 Å². The van der Waals surface area contributed by atoms with Gasteiger partial charge in [-0.15, -0.1) is 11.3 Å². The van der Waals surface area contributed by atoms with E-state index in [-0.39, 0.29) is 17.9 Å². The molecule has 0 N–H and O–H groups in total. The number of nitrogens with zero attached hydrogens (tertiary/aromatic N) is 2. The van der Waals surface area contributed by atoms with Crippen molar-refractivity contribution in [2.75, 3.05) is 0 Å². The van der Waals surface area contributed by atoms with Crippen molar-refractivity contribution in [1.82, 2.24) is 9.55 Å². The zero-order chi connectivity index (χ0) is 21.8. The van der Waals surface area contributed by atoms with Crippen molar-refractivity contribution in [3.8, 4) is 17.1 Å². The molecule has 0 aliphatic carbocycles. The lowest BCUT2D eigenvalue weighted by molar-refractivity contribution is 0.291. The fourth-order valence-electron chi connectivity index (χ4n) is 3.29. The van der Waals surface area contributed by atoms with E-state index in [9.17, 15) is 9.18 Å². The van der Waals surface area contributed by atoms with Gasteiger partial charge in [-0.2, -0.15) is 0 Å². The molecule has 0 atom stereocenters. The monoisotopic (exact) mass is 498 g/mol. The van der Waals surface area contributed by atoms with Gasteiger partial charge in [0.05, 0.1) is 11.3 Å². The van der Waals surface area contributed by atoms with Gasteiger partial charge >= 0.3 is 0 Å². The van der Waals surface area contributed by atoms with Crippen molar-refractivity contribution in [2.45, 2.75) is 26.5 Å². The molecule has 2 aromatic carbocycles. The molecule has 4 aromatic rings. The Morgan fingerprint density at radius 2 is 1.90 bits per heavy atom. The minimum atomic E-state index is -0.493. The van der Waals surface area contributed by atoms with Crippen LogP contribution in [-0.4, -0.2) is 9.55 Å². The number of halogens is 2. The third-order valence-corrected chi connectivity index (χ3v) is 6.72. The zero-order valence-electron chi connectivity index (χ0n) is 16.8. The molecule has 158 valence electrons. The van der Waals surface area contributed by atoms with Crippen LogP contribution < -0.4 is 10.3 Å². The largest absolute Gasteiger partial charge is 0.485 e. The van der Waals surface area contributed by atoms with Gasteiger partial charge < -0.3 is 4.74 Å². The van der Waals surface area contributed by atoms with Gasteiger partial charge in [0.1, 0.15) is 16.9 Å². The lowest BCUT2D eigenvalue weighted by Crippen LogP contribution is -2.26. The Bertz CT molecular complexity index is 1240. The molecule has 0 saturated carbocycles. The van der Waals surface area contributed by atoms with E-state index in [2.05, 4.69) is 20.9 Å². The maximum absolute atomic E-state index is 14.8. The van der Waals surface area contributed by atoms with Crippen LogP contribution in [0.25, 0.3) is 11.4 Å². The second-order valence-electron chi connectivity index (χ2n) is 7.01. The maximum atomic E-state index is 14.8. The summed E-state index contributed by atoms with van der Waals surface area (Å²) in [5.74, 6) is -0.0114. The number of para-hydroxylation sites is 1. The number of aryl methyl sites for hydroxylation is 2. The van der Waals surface area contributed by atoms with Crippen LogP contribution in [0, 0.1) is 12.7 Å². The van der Waals surface area contributed by atoms with Crippen LogP contribution in [0.3, 0.4) is 0 Å². The summed E-state index contributed by atoms with van der Waals surface area (Å²) in [4.78, 5) is 18.9. The normalized spacial score (nSPS) is 10.9. The highest BCUT2D eigenvalue weighted by molar-refractivity contribution is 9.10. The lowest BCUT2D eigenvalue weighted by atomic mass is 10.1. The Kier molecular flexibility index (Phi) is 6.63. The van der Waals surface area contributed by atoms with Crippen LogP contribution in [0.5, 0.6) is 5.75 Å². The Labute approximate surface area is 192 Å². The molecule has 0 aliphatic heterocycles. The van der Waals surface area contributed by atoms with Crippen molar-refractivity contribution in [3.05, 3.63) is 103 Å². The van der Waals surface area contributed by atoms with Crippen molar-refractivity contribution < 1.29 is 9.13 Å². The zero-order valence-corrected chi connectivity index (χ0v) is 19.2. The summed E-state index contributed by atoms with van der Waals surface area (Å²) in [6.45, 7) is 2.39. The van der Waals surface area contributed by atoms with E-state index in [4.69, 9.17) is 4.74 Å². The van der Waals surface area contributed by atoms with Crippen LogP contribution in [0.2, 0.25) is 0 Å². The second kappa shape index (κ2) is 9.58. The van der Waals surface area contributed by atoms with E-state index in [1.807, 2.05) is 47.8 Å². The van der Waals surface area contributed by atoms with Gasteiger partial charge in [-0.25, -0.2) is 9.37 Å². The molecule has 0 bridgehead atoms. The van der Waals surface area contributed by atoms with E-state index >= 15 is 0 Å². The highest BCUT2D eigenvalue weighted by Gasteiger charge is 2.20. The summed E-state index contributed by atoms with van der Waals surface area (Å²) < 4.78 is 22.7. The van der Waals surface area contributed by atoms with Crippen molar-refractivity contribution in [3.63, 3.8) is 0 Å². The molecule has 4 nitrogen and oxygen atoms in total. The van der Waals surface area contributed by atoms with Crippen LogP contribution in [0.15, 0.2) is 75.3 Å². The van der Waals surface area contributed by atoms with Crippen molar-refractivity contribution in [1.29, 1.82) is 0 Å². The van der Waals surface area contributed by atoms with E-state index < -0.39 is 5.82 Å². The maximum Gasteiger partial charge on any atom is 0.268 e. The number of hydrogen-bond acceptors (Lipinski definition) is 4. The highest BCUT2D eigenvalue weighted by Crippen LogP contribution is 2.32. The molecule has 4 rings (SSSR count). The predicted molar refractivity (Wildman–Crippen MR) is 125 cm³/mol. The van der Waals surface area contributed by atoms with Gasteiger partial charge in [0, 0.05) is 11.4 Å². The van der Waals surface area contributed by atoms with E-state index in [1.165, 1.54) is 6.07 Å². The molecule has 0 fully saturated rings. The molecule has 0 spiro atoms. The van der Waals surface area contributed by atoms with Crippen LogP contribution in [-0.2, 0) is 19.6 Å². The molecule has 31 heavy (non-hydrogen) atoms. The first-order valence-corrected chi connectivity index (χ1v) is 11.5. The molecule has 0 saturated heterocycles. The summed E-state index contributed by atoms with van der Waals surface area (Å²) in [6, 6.07) is 18.3. The fraction of sp³-hybridized carbons (Fsp3) is 0.167.